The molecule has 6 heteroatoms. The van der Waals surface area contributed by atoms with Crippen molar-refractivity contribution in [2.75, 3.05) is 32.0 Å². The van der Waals surface area contributed by atoms with Gasteiger partial charge in [-0.05, 0) is 44.8 Å². The van der Waals surface area contributed by atoms with Crippen LogP contribution in [0.25, 0.3) is 0 Å². The fraction of sp³-hybridized carbons (Fsp3) is 1.00. The van der Waals surface area contributed by atoms with Gasteiger partial charge in [-0.25, -0.2) is 0 Å². The highest BCUT2D eigenvalue weighted by Gasteiger charge is 2.11. The minimum Gasteiger partial charge on any atom is -0.337 e. The van der Waals surface area contributed by atoms with Gasteiger partial charge < -0.3 is 14.3 Å². The predicted molar refractivity (Wildman–Crippen MR) is 84.3 cm³/mol. The molecule has 0 bridgehead atoms. The molecular weight excluding hydrogens is 273 g/mol. The van der Waals surface area contributed by atoms with Crippen molar-refractivity contribution in [3.05, 3.63) is 0 Å². The highest BCUT2D eigenvalue weighted by atomic mass is 32.9. The molecule has 0 saturated carbocycles. The van der Waals surface area contributed by atoms with E-state index in [-0.39, 0.29) is 0 Å². The van der Waals surface area contributed by atoms with Gasteiger partial charge in [0, 0.05) is 5.75 Å². The van der Waals surface area contributed by atoms with Crippen LogP contribution < -0.4 is 0 Å². The first-order valence-electron chi connectivity index (χ1n) is 6.31. The summed E-state index contributed by atoms with van der Waals surface area (Å²) in [5.41, 5.74) is -2.46. The summed E-state index contributed by atoms with van der Waals surface area (Å²) in [5, 5.41) is 0. The van der Waals surface area contributed by atoms with Crippen LogP contribution in [0.4, 0.5) is 0 Å². The summed E-state index contributed by atoms with van der Waals surface area (Å²) in [6.07, 6.45) is 1.02. The zero-order chi connectivity index (χ0) is 13.7. The van der Waals surface area contributed by atoms with E-state index in [2.05, 4.69) is 25.7 Å². The van der Waals surface area contributed by atoms with Gasteiger partial charge in [-0.1, -0.05) is 39.1 Å². The number of hydrogen-bond acceptors (Lipinski definition) is 4. The lowest BCUT2D eigenvalue weighted by molar-refractivity contribution is 0.321. The summed E-state index contributed by atoms with van der Waals surface area (Å²) in [5.74, 6) is 0.883. The van der Waals surface area contributed by atoms with E-state index in [0.29, 0.717) is 6.61 Å². The molecule has 17 heavy (non-hydrogen) atoms. The zero-order valence-electron chi connectivity index (χ0n) is 11.8. The monoisotopic (exact) mass is 301 g/mol. The Morgan fingerprint density at radius 1 is 1.12 bits per heavy atom. The van der Waals surface area contributed by atoms with Gasteiger partial charge in [0.05, 0.1) is 6.61 Å². The molecule has 106 valence electrons. The first kappa shape index (κ1) is 20.2. The van der Waals surface area contributed by atoms with Crippen molar-refractivity contribution in [2.24, 2.45) is 0 Å². The lowest BCUT2D eigenvalue weighted by Crippen LogP contribution is -2.21. The van der Waals surface area contributed by atoms with Crippen LogP contribution >= 0.6 is 17.1 Å². The Morgan fingerprint density at radius 3 is 1.82 bits per heavy atom. The molecule has 0 aliphatic heterocycles. The number of nitrogens with zero attached hydrogens (tertiary/aromatic N) is 1. The number of rotatable bonds is 8. The molecule has 0 saturated heterocycles. The molecule has 0 spiro atoms. The second kappa shape index (κ2) is 13.3. The van der Waals surface area contributed by atoms with E-state index in [9.17, 15) is 4.89 Å². The fourth-order valence-corrected chi connectivity index (χ4v) is 4.66. The van der Waals surface area contributed by atoms with Crippen molar-refractivity contribution in [1.82, 2.24) is 4.90 Å². The summed E-state index contributed by atoms with van der Waals surface area (Å²) < 4.78 is 4.98. The maximum Gasteiger partial charge on any atom is 0.244 e. The van der Waals surface area contributed by atoms with Crippen LogP contribution in [-0.2, 0) is 16.3 Å². The number of hydrogen-bond donors (Lipinski definition) is 1. The van der Waals surface area contributed by atoms with E-state index in [1.165, 1.54) is 31.0 Å². The van der Waals surface area contributed by atoms with Crippen LogP contribution in [0.15, 0.2) is 0 Å². The van der Waals surface area contributed by atoms with E-state index >= 15 is 0 Å². The van der Waals surface area contributed by atoms with Crippen molar-refractivity contribution in [2.45, 2.75) is 41.0 Å². The molecule has 1 atom stereocenters. The topological polar surface area (TPSA) is 32.7 Å². The van der Waals surface area contributed by atoms with Gasteiger partial charge in [-0.15, -0.1) is 0 Å². The highest BCUT2D eigenvalue weighted by molar-refractivity contribution is 8.67. The van der Waals surface area contributed by atoms with Crippen LogP contribution in [-0.4, -0.2) is 41.8 Å². The average molecular weight is 301 g/mol. The van der Waals surface area contributed by atoms with Crippen LogP contribution in [0.5, 0.6) is 0 Å². The molecule has 0 rings (SSSR count). The first-order valence-corrected chi connectivity index (χ1v) is 10.6. The van der Waals surface area contributed by atoms with Crippen LogP contribution in [0.2, 0.25) is 0 Å². The standard InChI is InChI=1S/C6H15N.C5H13O2PS2/c1-4-7(5-2)6-3;1-3-5-10-8(6,9)7-4-2/h4-6H2,1-3H3;3-5H2,1-2H3,(H,6,9). The molecule has 0 aromatic heterocycles. The Balaban J connectivity index is 0. The van der Waals surface area contributed by atoms with Crippen molar-refractivity contribution in [1.29, 1.82) is 0 Å². The van der Waals surface area contributed by atoms with E-state index in [0.717, 1.165) is 12.2 Å². The van der Waals surface area contributed by atoms with Crippen molar-refractivity contribution in [3.8, 4) is 0 Å². The van der Waals surface area contributed by atoms with Gasteiger partial charge in [0.15, 0.2) is 0 Å². The SMILES string of the molecule is CCCSP(O)(=S)OCC.CCN(CC)CC. The molecule has 0 aromatic carbocycles. The van der Waals surface area contributed by atoms with E-state index in [1.54, 1.807) is 0 Å². The quantitative estimate of drug-likeness (QED) is 0.691. The van der Waals surface area contributed by atoms with Crippen molar-refractivity contribution >= 4 is 28.9 Å². The third-order valence-electron chi connectivity index (χ3n) is 2.09. The lowest BCUT2D eigenvalue weighted by atomic mass is 10.5. The first-order chi connectivity index (χ1) is 7.97. The second-order valence-corrected chi connectivity index (χ2v) is 9.64. The Bertz CT molecular complexity index is 196. The third-order valence-corrected chi connectivity index (χ3v) is 6.70. The van der Waals surface area contributed by atoms with Crippen LogP contribution in [0, 0.1) is 0 Å². The van der Waals surface area contributed by atoms with Crippen molar-refractivity contribution < 1.29 is 9.42 Å². The Labute approximate surface area is 116 Å². The Kier molecular flexibility index (Phi) is 15.8. The van der Waals surface area contributed by atoms with E-state index in [4.69, 9.17) is 16.3 Å². The third kappa shape index (κ3) is 14.8. The molecular formula is C11H28NO2PS2. The summed E-state index contributed by atoms with van der Waals surface area (Å²) in [6.45, 7) is 14.5. The van der Waals surface area contributed by atoms with Crippen LogP contribution in [0.3, 0.4) is 0 Å². The molecule has 0 aliphatic rings. The summed E-state index contributed by atoms with van der Waals surface area (Å²) in [7, 11) is 0. The highest BCUT2D eigenvalue weighted by Crippen LogP contribution is 2.55. The molecule has 0 heterocycles. The molecule has 0 aliphatic carbocycles. The van der Waals surface area contributed by atoms with Gasteiger partial charge in [-0.2, -0.15) is 0 Å². The summed E-state index contributed by atoms with van der Waals surface area (Å²) >= 11 is 6.18. The molecule has 1 N–H and O–H groups in total. The molecule has 1 unspecified atom stereocenters. The smallest absolute Gasteiger partial charge is 0.244 e. The van der Waals surface area contributed by atoms with Gasteiger partial charge in [0.2, 0.25) is 5.69 Å². The molecule has 0 fully saturated rings. The van der Waals surface area contributed by atoms with E-state index < -0.39 is 5.69 Å². The average Bonchev–Trinajstić information content (AvgIpc) is 2.30. The van der Waals surface area contributed by atoms with Gasteiger partial charge >= 0.3 is 0 Å². The summed E-state index contributed by atoms with van der Waals surface area (Å²) in [4.78, 5) is 11.7. The van der Waals surface area contributed by atoms with Crippen LogP contribution in [0.1, 0.15) is 41.0 Å². The predicted octanol–water partition coefficient (Wildman–Crippen LogP) is 3.73. The maximum atomic E-state index is 9.31. The van der Waals surface area contributed by atoms with Gasteiger partial charge in [-0.3, -0.25) is 0 Å². The second-order valence-electron chi connectivity index (χ2n) is 3.34. The fourth-order valence-electron chi connectivity index (χ4n) is 1.08. The molecule has 3 nitrogen and oxygen atoms in total. The molecule has 0 radical (unpaired) electrons. The van der Waals surface area contributed by atoms with Gasteiger partial charge in [0.1, 0.15) is 0 Å². The summed E-state index contributed by atoms with van der Waals surface area (Å²) in [6, 6.07) is 0. The minimum atomic E-state index is -2.46. The minimum absolute atomic E-state index is 0.504. The largest absolute Gasteiger partial charge is 0.337 e. The van der Waals surface area contributed by atoms with Crippen molar-refractivity contribution in [3.63, 3.8) is 0 Å². The molecule has 0 amide bonds. The zero-order valence-corrected chi connectivity index (χ0v) is 14.3. The lowest BCUT2D eigenvalue weighted by Gasteiger charge is -2.13. The normalized spacial score (nSPS) is 14.1. The van der Waals surface area contributed by atoms with E-state index in [1.807, 2.05) is 13.8 Å². The van der Waals surface area contributed by atoms with Gasteiger partial charge in [0.25, 0.3) is 0 Å². The Hall–Kier alpha value is 0.880. The Morgan fingerprint density at radius 2 is 1.59 bits per heavy atom. The maximum absolute atomic E-state index is 9.31. The molecule has 0 aromatic rings.